The lowest BCUT2D eigenvalue weighted by atomic mass is 9.86. The summed E-state index contributed by atoms with van der Waals surface area (Å²) in [4.78, 5) is 13.3. The molecule has 4 rings (SSSR count). The molecular weight excluding hydrogens is 348 g/mol. The van der Waals surface area contributed by atoms with Gasteiger partial charge in [-0.15, -0.1) is 0 Å². The first-order valence-corrected chi connectivity index (χ1v) is 8.76. The average Bonchev–Trinajstić information content (AvgIpc) is 3.08. The molecule has 5 heteroatoms. The third-order valence-electron chi connectivity index (χ3n) is 4.95. The lowest BCUT2D eigenvalue weighted by Gasteiger charge is -2.15. The summed E-state index contributed by atoms with van der Waals surface area (Å²) >= 11 is 0. The Kier molecular flexibility index (Phi) is 4.67. The van der Waals surface area contributed by atoms with Gasteiger partial charge in [-0.3, -0.25) is 4.79 Å². The van der Waals surface area contributed by atoms with Gasteiger partial charge in [-0.2, -0.15) is 13.3 Å². The molecule has 0 fully saturated rings. The highest BCUT2D eigenvalue weighted by atomic mass is 19.3. The van der Waals surface area contributed by atoms with Crippen LogP contribution < -0.4 is 9.30 Å². The SMILES string of the molecule is O=C(c1ccc(OC(F)F)cc1)C1C(c2ccccc2)Cc2cccc[n+]21. The van der Waals surface area contributed by atoms with Crippen LogP contribution in [0.15, 0.2) is 79.0 Å². The van der Waals surface area contributed by atoms with E-state index in [0.717, 1.165) is 17.7 Å². The zero-order valence-electron chi connectivity index (χ0n) is 14.5. The Bertz CT molecular complexity index is 942. The summed E-state index contributed by atoms with van der Waals surface area (Å²) in [5, 5.41) is 0. The molecule has 27 heavy (non-hydrogen) atoms. The van der Waals surface area contributed by atoms with Gasteiger partial charge in [0.05, 0.1) is 5.92 Å². The fourth-order valence-corrected chi connectivity index (χ4v) is 3.75. The predicted molar refractivity (Wildman–Crippen MR) is 96.0 cm³/mol. The molecule has 2 aromatic carbocycles. The Hall–Kier alpha value is -3.08. The lowest BCUT2D eigenvalue weighted by molar-refractivity contribution is -0.703. The minimum atomic E-state index is -2.88. The molecule has 0 saturated carbocycles. The number of fused-ring (bicyclic) bond motifs is 1. The molecule has 0 spiro atoms. The number of hydrogen-bond donors (Lipinski definition) is 0. The van der Waals surface area contributed by atoms with Crippen LogP contribution in [0.4, 0.5) is 8.78 Å². The molecule has 3 nitrogen and oxygen atoms in total. The second-order valence-electron chi connectivity index (χ2n) is 6.53. The second kappa shape index (κ2) is 7.27. The van der Waals surface area contributed by atoms with Gasteiger partial charge in [0.15, 0.2) is 11.9 Å². The Morgan fingerprint density at radius 1 is 0.963 bits per heavy atom. The van der Waals surface area contributed by atoms with Crippen molar-refractivity contribution in [3.63, 3.8) is 0 Å². The third kappa shape index (κ3) is 3.45. The second-order valence-corrected chi connectivity index (χ2v) is 6.53. The number of ether oxygens (including phenoxy) is 1. The highest BCUT2D eigenvalue weighted by Crippen LogP contribution is 2.35. The van der Waals surface area contributed by atoms with E-state index in [9.17, 15) is 13.6 Å². The monoisotopic (exact) mass is 366 g/mol. The number of aromatic nitrogens is 1. The van der Waals surface area contributed by atoms with Gasteiger partial charge in [-0.25, -0.2) is 0 Å². The normalized spacial score (nSPS) is 18.3. The molecule has 1 aromatic heterocycles. The van der Waals surface area contributed by atoms with Crippen molar-refractivity contribution in [3.8, 4) is 5.75 Å². The molecule has 1 aliphatic rings. The molecule has 2 heterocycles. The van der Waals surface area contributed by atoms with Crippen LogP contribution in [0.3, 0.4) is 0 Å². The number of halogens is 2. The summed E-state index contributed by atoms with van der Waals surface area (Å²) < 4.78 is 31.1. The van der Waals surface area contributed by atoms with Gasteiger partial charge in [-0.1, -0.05) is 36.4 Å². The number of Topliss-reactive ketones (excluding diaryl/α,β-unsaturated/α-hetero) is 1. The summed E-state index contributed by atoms with van der Waals surface area (Å²) in [6.07, 6.45) is 2.70. The summed E-state index contributed by atoms with van der Waals surface area (Å²) in [5.41, 5.74) is 2.69. The van der Waals surface area contributed by atoms with Crippen molar-refractivity contribution in [2.45, 2.75) is 25.0 Å². The zero-order valence-corrected chi connectivity index (χ0v) is 14.5. The quantitative estimate of drug-likeness (QED) is 0.497. The maximum Gasteiger partial charge on any atom is 0.387 e. The van der Waals surface area contributed by atoms with E-state index in [1.54, 1.807) is 12.1 Å². The van der Waals surface area contributed by atoms with Crippen LogP contribution in [-0.4, -0.2) is 12.4 Å². The largest absolute Gasteiger partial charge is 0.435 e. The van der Waals surface area contributed by atoms with Crippen LogP contribution >= 0.6 is 0 Å². The van der Waals surface area contributed by atoms with E-state index in [1.807, 2.05) is 59.3 Å². The first-order valence-electron chi connectivity index (χ1n) is 8.76. The van der Waals surface area contributed by atoms with Crippen molar-refractivity contribution in [2.75, 3.05) is 0 Å². The highest BCUT2D eigenvalue weighted by Gasteiger charge is 2.45. The summed E-state index contributed by atoms with van der Waals surface area (Å²) in [6, 6.07) is 21.4. The molecule has 0 amide bonds. The zero-order chi connectivity index (χ0) is 18.8. The maximum atomic E-state index is 13.3. The number of carbonyl (C=O) groups is 1. The standard InChI is InChI=1S/C22H18F2NO2/c23-22(24)27-18-11-9-16(10-12-18)21(26)20-19(15-6-2-1-3-7-15)14-17-8-4-5-13-25(17)20/h1-13,19-20,22H,14H2/q+1. The van der Waals surface area contributed by atoms with Crippen LogP contribution in [0, 0.1) is 0 Å². The molecule has 1 aliphatic heterocycles. The molecule has 0 N–H and O–H groups in total. The fraction of sp³-hybridized carbons (Fsp3) is 0.182. The minimum Gasteiger partial charge on any atom is -0.435 e. The average molecular weight is 366 g/mol. The number of nitrogens with zero attached hydrogens (tertiary/aromatic N) is 1. The topological polar surface area (TPSA) is 30.2 Å². The van der Waals surface area contributed by atoms with Crippen molar-refractivity contribution in [1.82, 2.24) is 0 Å². The van der Waals surface area contributed by atoms with E-state index < -0.39 is 6.61 Å². The lowest BCUT2D eigenvalue weighted by Crippen LogP contribution is -2.43. The fourth-order valence-electron chi connectivity index (χ4n) is 3.75. The smallest absolute Gasteiger partial charge is 0.387 e. The number of hydrogen-bond acceptors (Lipinski definition) is 2. The molecule has 0 saturated heterocycles. The Balaban J connectivity index is 1.69. The third-order valence-corrected chi connectivity index (χ3v) is 4.95. The van der Waals surface area contributed by atoms with Crippen molar-refractivity contribution < 1.29 is 22.9 Å². The molecule has 3 aromatic rings. The minimum absolute atomic E-state index is 0.0260. The van der Waals surface area contributed by atoms with Gasteiger partial charge < -0.3 is 4.74 Å². The van der Waals surface area contributed by atoms with E-state index in [1.165, 1.54) is 12.1 Å². The van der Waals surface area contributed by atoms with Crippen LogP contribution in [0.2, 0.25) is 0 Å². The maximum absolute atomic E-state index is 13.3. The first kappa shape index (κ1) is 17.3. The van der Waals surface area contributed by atoms with E-state index in [-0.39, 0.29) is 23.5 Å². The van der Waals surface area contributed by atoms with Crippen LogP contribution in [0.1, 0.15) is 33.6 Å². The Morgan fingerprint density at radius 2 is 1.67 bits per heavy atom. The number of rotatable bonds is 5. The van der Waals surface area contributed by atoms with Gasteiger partial charge in [0.2, 0.25) is 11.8 Å². The van der Waals surface area contributed by atoms with Crippen molar-refractivity contribution in [2.24, 2.45) is 0 Å². The van der Waals surface area contributed by atoms with Gasteiger partial charge in [-0.05, 0) is 29.8 Å². The van der Waals surface area contributed by atoms with Crippen molar-refractivity contribution in [1.29, 1.82) is 0 Å². The molecule has 0 radical (unpaired) electrons. The van der Waals surface area contributed by atoms with Crippen LogP contribution in [0.25, 0.3) is 0 Å². The highest BCUT2D eigenvalue weighted by molar-refractivity contribution is 5.98. The molecule has 0 bridgehead atoms. The number of carbonyl (C=O) groups excluding carboxylic acids is 1. The van der Waals surface area contributed by atoms with E-state index in [2.05, 4.69) is 4.74 Å². The molecule has 0 aliphatic carbocycles. The number of alkyl halides is 2. The first-order chi connectivity index (χ1) is 13.1. The van der Waals surface area contributed by atoms with E-state index in [0.29, 0.717) is 5.56 Å². The van der Waals surface area contributed by atoms with E-state index >= 15 is 0 Å². The van der Waals surface area contributed by atoms with Gasteiger partial charge in [0.1, 0.15) is 5.75 Å². The molecular formula is C22H18F2NO2+. The number of benzene rings is 2. The summed E-state index contributed by atoms with van der Waals surface area (Å²) in [5.74, 6) is 0.0288. The van der Waals surface area contributed by atoms with E-state index in [4.69, 9.17) is 0 Å². The number of pyridine rings is 1. The number of ketones is 1. The van der Waals surface area contributed by atoms with Gasteiger partial charge in [0, 0.05) is 24.1 Å². The molecule has 2 atom stereocenters. The van der Waals surface area contributed by atoms with Gasteiger partial charge >= 0.3 is 6.61 Å². The summed E-state index contributed by atoms with van der Waals surface area (Å²) in [6.45, 7) is -2.88. The molecule has 136 valence electrons. The predicted octanol–water partition coefficient (Wildman–Crippen LogP) is 4.34. The molecule has 2 unspecified atom stereocenters. The Labute approximate surface area is 155 Å². The van der Waals surface area contributed by atoms with Gasteiger partial charge in [0.25, 0.3) is 0 Å². The van der Waals surface area contributed by atoms with Crippen LogP contribution in [0.5, 0.6) is 5.75 Å². The van der Waals surface area contributed by atoms with Crippen molar-refractivity contribution in [3.05, 3.63) is 95.8 Å². The Morgan fingerprint density at radius 3 is 2.37 bits per heavy atom. The summed E-state index contributed by atoms with van der Waals surface area (Å²) in [7, 11) is 0. The van der Waals surface area contributed by atoms with Crippen molar-refractivity contribution >= 4 is 5.78 Å². The van der Waals surface area contributed by atoms with Crippen LogP contribution in [-0.2, 0) is 6.42 Å².